The van der Waals surface area contributed by atoms with Gasteiger partial charge in [0.2, 0.25) is 0 Å². The summed E-state index contributed by atoms with van der Waals surface area (Å²) in [6.07, 6.45) is 3.41. The van der Waals surface area contributed by atoms with Gasteiger partial charge in [-0.15, -0.1) is 0 Å². The van der Waals surface area contributed by atoms with Gasteiger partial charge in [-0.25, -0.2) is 14.4 Å². The Morgan fingerprint density at radius 2 is 1.82 bits per heavy atom. The number of carbonyl (C=O) groups excluding carboxylic acids is 5. The topological polar surface area (TPSA) is 183 Å². The first-order valence-corrected chi connectivity index (χ1v) is 13.3. The van der Waals surface area contributed by atoms with Crippen molar-refractivity contribution < 1.29 is 58.2 Å². The fourth-order valence-corrected chi connectivity index (χ4v) is 6.15. The Morgan fingerprint density at radius 3 is 2.45 bits per heavy atom. The predicted molar refractivity (Wildman–Crippen MR) is 136 cm³/mol. The second-order valence-electron chi connectivity index (χ2n) is 10.3. The standard InChI is InChI=1S/C28H36O12/c1-4-5-6-7-9-17-12-18(23(33)39-17)27(25(35)38-3)13-16(22(32)20(30)10-8-11-21(31)37-2)14-28(27)19(15-29)24(34)40-26(28)36/h8,11-12,15-17,20,22,29-30,32H,4-7,9-10,13-14H2,1-3H3. The smallest absolute Gasteiger partial charge is 0.346 e. The molecule has 220 valence electrons. The molecule has 40 heavy (non-hydrogen) atoms. The first-order chi connectivity index (χ1) is 19.0. The largest absolute Gasteiger partial charge is 0.515 e. The van der Waals surface area contributed by atoms with Crippen LogP contribution in [-0.2, 0) is 42.9 Å². The molecule has 3 N–H and O–H groups in total. The van der Waals surface area contributed by atoms with Crippen molar-refractivity contribution in [2.45, 2.75) is 76.6 Å². The lowest BCUT2D eigenvalue weighted by molar-refractivity contribution is -0.167. The van der Waals surface area contributed by atoms with Crippen molar-refractivity contribution in [2.24, 2.45) is 16.7 Å². The molecule has 0 radical (unpaired) electrons. The second-order valence-corrected chi connectivity index (χ2v) is 10.3. The molecule has 0 aromatic carbocycles. The van der Waals surface area contributed by atoms with Crippen LogP contribution in [-0.4, -0.2) is 77.7 Å². The Balaban J connectivity index is 2.09. The van der Waals surface area contributed by atoms with Crippen molar-refractivity contribution in [2.75, 3.05) is 14.2 Å². The summed E-state index contributed by atoms with van der Waals surface area (Å²) >= 11 is 0. The number of aliphatic hydroxyl groups is 3. The van der Waals surface area contributed by atoms with E-state index in [0.717, 1.165) is 38.9 Å². The van der Waals surface area contributed by atoms with Crippen molar-refractivity contribution in [1.29, 1.82) is 0 Å². The minimum absolute atomic E-state index is 0.193. The van der Waals surface area contributed by atoms with Crippen LogP contribution < -0.4 is 0 Å². The van der Waals surface area contributed by atoms with Crippen LogP contribution in [0.4, 0.5) is 0 Å². The zero-order chi connectivity index (χ0) is 29.7. The van der Waals surface area contributed by atoms with Gasteiger partial charge in [-0.1, -0.05) is 32.3 Å². The number of esters is 5. The maximum absolute atomic E-state index is 13.7. The van der Waals surface area contributed by atoms with Crippen molar-refractivity contribution in [3.05, 3.63) is 35.6 Å². The normalized spacial score (nSPS) is 30.5. The van der Waals surface area contributed by atoms with E-state index in [0.29, 0.717) is 12.7 Å². The summed E-state index contributed by atoms with van der Waals surface area (Å²) in [5.74, 6) is -6.11. The summed E-state index contributed by atoms with van der Waals surface area (Å²) in [6, 6.07) is 0. The molecule has 0 bridgehead atoms. The van der Waals surface area contributed by atoms with Gasteiger partial charge in [0.15, 0.2) is 0 Å². The minimum atomic E-state index is -2.24. The number of unbranched alkanes of at least 4 members (excludes halogenated alkanes) is 3. The number of carbonyl (C=O) groups is 5. The number of cyclic esters (lactones) is 3. The van der Waals surface area contributed by atoms with E-state index in [1.54, 1.807) is 0 Å². The molecule has 2 fully saturated rings. The molecule has 6 unspecified atom stereocenters. The summed E-state index contributed by atoms with van der Waals surface area (Å²) in [6.45, 7) is 2.05. The Kier molecular flexibility index (Phi) is 9.91. The molecule has 0 aromatic heterocycles. The highest BCUT2D eigenvalue weighted by atomic mass is 16.6. The Hall–Kier alpha value is -3.51. The molecular formula is C28H36O12. The molecule has 1 spiro atoms. The lowest BCUT2D eigenvalue weighted by Gasteiger charge is -2.37. The van der Waals surface area contributed by atoms with E-state index in [4.69, 9.17) is 14.2 Å². The number of ether oxygens (including phenoxy) is 4. The van der Waals surface area contributed by atoms with E-state index < -0.39 is 83.3 Å². The van der Waals surface area contributed by atoms with Gasteiger partial charge < -0.3 is 34.3 Å². The average Bonchev–Trinajstić information content (AvgIpc) is 3.56. The molecule has 12 nitrogen and oxygen atoms in total. The van der Waals surface area contributed by atoms with Gasteiger partial charge in [-0.3, -0.25) is 9.59 Å². The number of hydrogen-bond donors (Lipinski definition) is 3. The monoisotopic (exact) mass is 564 g/mol. The van der Waals surface area contributed by atoms with Gasteiger partial charge in [0.05, 0.1) is 43.8 Å². The van der Waals surface area contributed by atoms with Crippen LogP contribution in [0, 0.1) is 16.7 Å². The second kappa shape index (κ2) is 12.8. The molecule has 1 saturated heterocycles. The first kappa shape index (κ1) is 31.0. The highest BCUT2D eigenvalue weighted by Gasteiger charge is 2.77. The molecule has 2 aliphatic heterocycles. The Bertz CT molecular complexity index is 1120. The lowest BCUT2D eigenvalue weighted by Crippen LogP contribution is -2.51. The van der Waals surface area contributed by atoms with Crippen molar-refractivity contribution in [3.8, 4) is 0 Å². The van der Waals surface area contributed by atoms with Crippen LogP contribution in [0.15, 0.2) is 35.6 Å². The number of hydrogen-bond acceptors (Lipinski definition) is 12. The molecule has 3 rings (SSSR count). The van der Waals surface area contributed by atoms with Gasteiger partial charge in [-0.05, 0) is 44.1 Å². The Labute approximate surface area is 231 Å². The number of aliphatic hydroxyl groups excluding tert-OH is 3. The quantitative estimate of drug-likeness (QED) is 0.0780. The van der Waals surface area contributed by atoms with Gasteiger partial charge in [-0.2, -0.15) is 0 Å². The summed E-state index contributed by atoms with van der Waals surface area (Å²) in [4.78, 5) is 64.4. The molecule has 0 amide bonds. The summed E-state index contributed by atoms with van der Waals surface area (Å²) < 4.78 is 20.0. The van der Waals surface area contributed by atoms with E-state index in [1.807, 2.05) is 0 Å². The van der Waals surface area contributed by atoms with E-state index >= 15 is 0 Å². The van der Waals surface area contributed by atoms with Crippen LogP contribution in [0.25, 0.3) is 0 Å². The SMILES string of the molecule is CCCCCCC1C=C(C2(C(=O)OC)CC(C(O)C(O)CC=CC(=O)OC)CC23C(=O)OC(=O)C3=CO)C(=O)O1. The summed E-state index contributed by atoms with van der Waals surface area (Å²) in [5, 5.41) is 31.8. The fourth-order valence-electron chi connectivity index (χ4n) is 6.15. The third kappa shape index (κ3) is 5.29. The van der Waals surface area contributed by atoms with E-state index in [9.17, 15) is 39.3 Å². The summed E-state index contributed by atoms with van der Waals surface area (Å²) in [7, 11) is 2.22. The van der Waals surface area contributed by atoms with Crippen LogP contribution in [0.2, 0.25) is 0 Å². The van der Waals surface area contributed by atoms with Crippen LogP contribution in [0.3, 0.4) is 0 Å². The van der Waals surface area contributed by atoms with E-state index in [1.165, 1.54) is 19.3 Å². The Morgan fingerprint density at radius 1 is 1.10 bits per heavy atom. The number of rotatable bonds is 12. The van der Waals surface area contributed by atoms with Gasteiger partial charge >= 0.3 is 29.8 Å². The molecule has 1 saturated carbocycles. The average molecular weight is 565 g/mol. The first-order valence-electron chi connectivity index (χ1n) is 13.3. The van der Waals surface area contributed by atoms with Crippen molar-refractivity contribution in [3.63, 3.8) is 0 Å². The molecule has 3 aliphatic rings. The third-order valence-corrected chi connectivity index (χ3v) is 8.08. The highest BCUT2D eigenvalue weighted by Crippen LogP contribution is 2.67. The molecule has 1 aliphatic carbocycles. The fraction of sp³-hybridized carbons (Fsp3) is 0.607. The van der Waals surface area contributed by atoms with Gasteiger partial charge in [0.1, 0.15) is 16.9 Å². The van der Waals surface area contributed by atoms with Gasteiger partial charge in [0, 0.05) is 6.08 Å². The van der Waals surface area contributed by atoms with Crippen LogP contribution in [0.1, 0.15) is 58.3 Å². The van der Waals surface area contributed by atoms with Crippen molar-refractivity contribution in [1.82, 2.24) is 0 Å². The van der Waals surface area contributed by atoms with Gasteiger partial charge in [0.25, 0.3) is 0 Å². The molecule has 2 heterocycles. The maximum atomic E-state index is 13.7. The third-order valence-electron chi connectivity index (χ3n) is 8.08. The zero-order valence-electron chi connectivity index (χ0n) is 22.8. The molecule has 0 aromatic rings. The van der Waals surface area contributed by atoms with E-state index in [-0.39, 0.29) is 12.0 Å². The van der Waals surface area contributed by atoms with Crippen molar-refractivity contribution >= 4 is 29.8 Å². The molecule has 6 atom stereocenters. The predicted octanol–water partition coefficient (Wildman–Crippen LogP) is 1.73. The van der Waals surface area contributed by atoms with Crippen LogP contribution in [0.5, 0.6) is 0 Å². The van der Waals surface area contributed by atoms with E-state index in [2.05, 4.69) is 11.7 Å². The van der Waals surface area contributed by atoms with Crippen LogP contribution >= 0.6 is 0 Å². The molecular weight excluding hydrogens is 528 g/mol. The molecule has 12 heteroatoms. The highest BCUT2D eigenvalue weighted by molar-refractivity contribution is 6.15. The number of methoxy groups -OCH3 is 2. The maximum Gasteiger partial charge on any atom is 0.346 e. The zero-order valence-corrected chi connectivity index (χ0v) is 22.8. The minimum Gasteiger partial charge on any atom is -0.515 e. The lowest BCUT2D eigenvalue weighted by atomic mass is 9.59. The summed E-state index contributed by atoms with van der Waals surface area (Å²) in [5.41, 5.74) is -5.25.